The van der Waals surface area contributed by atoms with Gasteiger partial charge in [0.05, 0.1) is 0 Å². The molecule has 16 heavy (non-hydrogen) atoms. The summed E-state index contributed by atoms with van der Waals surface area (Å²) in [6.07, 6.45) is 1.39. The smallest absolute Gasteiger partial charge is 0.279 e. The quantitative estimate of drug-likeness (QED) is 0.754. The summed E-state index contributed by atoms with van der Waals surface area (Å²) in [6, 6.07) is 2.66. The Balaban J connectivity index is 2.44. The fourth-order valence-electron chi connectivity index (χ4n) is 0.985. The molecule has 0 aliphatic carbocycles. The molecule has 0 saturated carbocycles. The summed E-state index contributed by atoms with van der Waals surface area (Å²) in [5, 5.41) is 3.47. The van der Waals surface area contributed by atoms with Crippen molar-refractivity contribution in [1.29, 1.82) is 0 Å². The van der Waals surface area contributed by atoms with E-state index in [0.29, 0.717) is 0 Å². The number of aromatic nitrogens is 3. The van der Waals surface area contributed by atoms with Gasteiger partial charge in [-0.3, -0.25) is 0 Å². The van der Waals surface area contributed by atoms with Gasteiger partial charge in [0, 0.05) is 6.20 Å². The molecule has 84 valence electrons. The van der Waals surface area contributed by atoms with E-state index in [9.17, 15) is 4.39 Å². The van der Waals surface area contributed by atoms with Crippen LogP contribution in [0, 0.1) is 5.82 Å². The summed E-state index contributed by atoms with van der Waals surface area (Å²) in [6.45, 7) is 0. The largest absolute Gasteiger partial charge is 0.334 e. The lowest BCUT2D eigenvalue weighted by Crippen LogP contribution is -2.00. The molecule has 8 heteroatoms. The molecule has 0 unspecified atom stereocenters. The predicted molar refractivity (Wildman–Crippen MR) is 56.7 cm³/mol. The zero-order chi connectivity index (χ0) is 11.8. The highest BCUT2D eigenvalue weighted by Crippen LogP contribution is 2.37. The molecule has 0 amide bonds. The third-order valence-corrected chi connectivity index (χ3v) is 2.12. The van der Waals surface area contributed by atoms with Crippen molar-refractivity contribution in [2.45, 2.75) is 3.79 Å². The molecule has 0 atom stereocenters. The van der Waals surface area contributed by atoms with Crippen LogP contribution in [-0.2, 0) is 3.79 Å². The molecule has 2 aromatic heterocycles. The molecule has 0 fully saturated rings. The number of nitrogens with zero attached hydrogens (tertiary/aromatic N) is 3. The van der Waals surface area contributed by atoms with Crippen LogP contribution in [0.4, 0.5) is 4.39 Å². The van der Waals surface area contributed by atoms with Crippen LogP contribution in [0.15, 0.2) is 22.9 Å². The summed E-state index contributed by atoms with van der Waals surface area (Å²) in [4.78, 5) is 7.49. The Morgan fingerprint density at radius 2 is 2.06 bits per heavy atom. The van der Waals surface area contributed by atoms with Gasteiger partial charge < -0.3 is 4.52 Å². The van der Waals surface area contributed by atoms with Gasteiger partial charge in [-0.15, -0.1) is 0 Å². The van der Waals surface area contributed by atoms with Gasteiger partial charge in [0.1, 0.15) is 5.69 Å². The molecule has 0 aliphatic rings. The number of hydrogen-bond donors (Lipinski definition) is 0. The molecular weight excluding hydrogens is 279 g/mol. The summed E-state index contributed by atoms with van der Waals surface area (Å²) in [5.41, 5.74) is -0.0632. The molecule has 2 heterocycles. The number of rotatable bonds is 1. The van der Waals surface area contributed by atoms with Crippen LogP contribution in [0.1, 0.15) is 5.89 Å². The van der Waals surface area contributed by atoms with E-state index in [1.807, 2.05) is 0 Å². The second kappa shape index (κ2) is 4.16. The van der Waals surface area contributed by atoms with Crippen molar-refractivity contribution in [3.8, 4) is 11.5 Å². The molecule has 0 N–H and O–H groups in total. The van der Waals surface area contributed by atoms with E-state index in [0.717, 1.165) is 0 Å². The maximum absolute atomic E-state index is 13.3. The van der Waals surface area contributed by atoms with Crippen molar-refractivity contribution in [2.24, 2.45) is 0 Å². The van der Waals surface area contributed by atoms with E-state index in [1.165, 1.54) is 18.3 Å². The minimum Gasteiger partial charge on any atom is -0.334 e. The molecule has 2 rings (SSSR count). The summed E-state index contributed by atoms with van der Waals surface area (Å²) >= 11 is 16.6. The van der Waals surface area contributed by atoms with E-state index < -0.39 is 9.61 Å². The molecule has 0 aromatic carbocycles. The maximum Gasteiger partial charge on any atom is 0.279 e. The lowest BCUT2D eigenvalue weighted by atomic mass is 10.3. The van der Waals surface area contributed by atoms with Crippen LogP contribution < -0.4 is 0 Å². The predicted octanol–water partition coefficient (Wildman–Crippen LogP) is 3.10. The van der Waals surface area contributed by atoms with E-state index in [-0.39, 0.29) is 17.4 Å². The Morgan fingerprint density at radius 1 is 1.31 bits per heavy atom. The van der Waals surface area contributed by atoms with E-state index in [1.54, 1.807) is 0 Å². The normalized spacial score (nSPS) is 11.8. The Bertz CT molecular complexity index is 511. The van der Waals surface area contributed by atoms with Crippen molar-refractivity contribution < 1.29 is 8.91 Å². The highest BCUT2D eigenvalue weighted by molar-refractivity contribution is 6.66. The fraction of sp³-hybridized carbons (Fsp3) is 0.125. The summed E-state index contributed by atoms with van der Waals surface area (Å²) in [5.74, 6) is -0.892. The van der Waals surface area contributed by atoms with Crippen LogP contribution in [0.2, 0.25) is 0 Å². The molecular formula is C8H3Cl3FN3O. The highest BCUT2D eigenvalue weighted by atomic mass is 35.6. The molecule has 2 aromatic rings. The van der Waals surface area contributed by atoms with Gasteiger partial charge in [-0.1, -0.05) is 40.0 Å². The second-order valence-electron chi connectivity index (χ2n) is 2.75. The topological polar surface area (TPSA) is 51.8 Å². The van der Waals surface area contributed by atoms with Gasteiger partial charge in [0.2, 0.25) is 5.82 Å². The van der Waals surface area contributed by atoms with E-state index in [2.05, 4.69) is 19.6 Å². The van der Waals surface area contributed by atoms with Gasteiger partial charge in [0.25, 0.3) is 9.68 Å². The van der Waals surface area contributed by atoms with Crippen LogP contribution in [0.3, 0.4) is 0 Å². The zero-order valence-corrected chi connectivity index (χ0v) is 9.76. The average molecular weight is 282 g/mol. The molecule has 0 spiro atoms. The number of pyridine rings is 1. The molecule has 0 bridgehead atoms. The third kappa shape index (κ3) is 2.26. The van der Waals surface area contributed by atoms with Gasteiger partial charge in [-0.2, -0.15) is 4.98 Å². The lowest BCUT2D eigenvalue weighted by Gasteiger charge is -2.01. The minimum absolute atomic E-state index is 0.0632. The average Bonchev–Trinajstić information content (AvgIpc) is 2.66. The summed E-state index contributed by atoms with van der Waals surface area (Å²) in [7, 11) is 0. The number of alkyl halides is 3. The molecule has 4 nitrogen and oxygen atoms in total. The van der Waals surface area contributed by atoms with Crippen molar-refractivity contribution in [3.05, 3.63) is 30.0 Å². The van der Waals surface area contributed by atoms with Crippen LogP contribution in [-0.4, -0.2) is 15.1 Å². The molecule has 0 saturated heterocycles. The maximum atomic E-state index is 13.3. The standard InChI is InChI=1S/C8H3Cl3FN3O/c9-8(10,11)7-14-6(15-16-7)5-4(12)2-1-3-13-5/h1-3H. The Hall–Kier alpha value is -0.910. The van der Waals surface area contributed by atoms with Crippen molar-refractivity contribution in [2.75, 3.05) is 0 Å². The molecule has 0 aliphatic heterocycles. The van der Waals surface area contributed by atoms with Gasteiger partial charge in [-0.25, -0.2) is 9.37 Å². The Morgan fingerprint density at radius 3 is 2.62 bits per heavy atom. The third-order valence-electron chi connectivity index (χ3n) is 1.64. The van der Waals surface area contributed by atoms with Crippen molar-refractivity contribution in [1.82, 2.24) is 15.1 Å². The first-order valence-corrected chi connectivity index (χ1v) is 5.13. The minimum atomic E-state index is -1.84. The van der Waals surface area contributed by atoms with Gasteiger partial charge in [-0.05, 0) is 12.1 Å². The van der Waals surface area contributed by atoms with Crippen molar-refractivity contribution >= 4 is 34.8 Å². The van der Waals surface area contributed by atoms with Crippen LogP contribution in [0.5, 0.6) is 0 Å². The zero-order valence-electron chi connectivity index (χ0n) is 7.49. The highest BCUT2D eigenvalue weighted by Gasteiger charge is 2.31. The summed E-state index contributed by atoms with van der Waals surface area (Å²) < 4.78 is 16.1. The van der Waals surface area contributed by atoms with Gasteiger partial charge >= 0.3 is 0 Å². The fourth-order valence-corrected chi connectivity index (χ4v) is 1.22. The van der Waals surface area contributed by atoms with Crippen LogP contribution >= 0.6 is 34.8 Å². The van der Waals surface area contributed by atoms with E-state index >= 15 is 0 Å². The van der Waals surface area contributed by atoms with Crippen molar-refractivity contribution in [3.63, 3.8) is 0 Å². The monoisotopic (exact) mass is 281 g/mol. The molecule has 0 radical (unpaired) electrons. The Labute approximate surface area is 104 Å². The first kappa shape index (κ1) is 11.6. The van der Waals surface area contributed by atoms with Crippen LogP contribution in [0.25, 0.3) is 11.5 Å². The lowest BCUT2D eigenvalue weighted by molar-refractivity contribution is 0.383. The Kier molecular flexibility index (Phi) is 3.01. The first-order chi connectivity index (χ1) is 7.48. The number of halogens is 4. The first-order valence-electron chi connectivity index (χ1n) is 4.00. The second-order valence-corrected chi connectivity index (χ2v) is 5.04. The van der Waals surface area contributed by atoms with Gasteiger partial charge in [0.15, 0.2) is 5.82 Å². The van der Waals surface area contributed by atoms with E-state index in [4.69, 9.17) is 34.8 Å². The number of hydrogen-bond acceptors (Lipinski definition) is 4. The SMILES string of the molecule is Fc1cccnc1-c1noc(C(Cl)(Cl)Cl)n1.